The van der Waals surface area contributed by atoms with Gasteiger partial charge < -0.3 is 24.3 Å². The van der Waals surface area contributed by atoms with E-state index in [2.05, 4.69) is 5.32 Å². The first kappa shape index (κ1) is 20.1. The molecule has 1 amide bonds. The van der Waals surface area contributed by atoms with Crippen LogP contribution in [0.5, 0.6) is 17.2 Å². The van der Waals surface area contributed by atoms with E-state index in [0.29, 0.717) is 22.8 Å². The third-order valence-electron chi connectivity index (χ3n) is 3.67. The number of methoxy groups -OCH3 is 3. The molecule has 0 aromatic heterocycles. The summed E-state index contributed by atoms with van der Waals surface area (Å²) in [5.41, 5.74) is 0.728. The van der Waals surface area contributed by atoms with Gasteiger partial charge in [0.2, 0.25) is 0 Å². The van der Waals surface area contributed by atoms with Crippen LogP contribution < -0.4 is 19.5 Å². The van der Waals surface area contributed by atoms with Crippen LogP contribution in [-0.2, 0) is 4.74 Å². The summed E-state index contributed by atoms with van der Waals surface area (Å²) < 4.78 is 21.0. The average molecular weight is 373 g/mol. The van der Waals surface area contributed by atoms with Gasteiger partial charge in [0.15, 0.2) is 11.5 Å². The van der Waals surface area contributed by atoms with Crippen LogP contribution in [0.4, 0.5) is 5.69 Å². The second-order valence-corrected chi connectivity index (χ2v) is 5.86. The number of nitrogens with one attached hydrogen (secondary N) is 1. The first-order valence-electron chi connectivity index (χ1n) is 8.32. The molecule has 0 spiro atoms. The lowest BCUT2D eigenvalue weighted by atomic mass is 10.1. The molecular weight excluding hydrogens is 350 g/mol. The molecule has 0 atom stereocenters. The summed E-state index contributed by atoms with van der Waals surface area (Å²) in [5, 5.41) is 2.73. The van der Waals surface area contributed by atoms with Gasteiger partial charge in [0.25, 0.3) is 5.91 Å². The second-order valence-electron chi connectivity index (χ2n) is 5.86. The summed E-state index contributed by atoms with van der Waals surface area (Å²) in [7, 11) is 4.18. The molecule has 27 heavy (non-hydrogen) atoms. The lowest BCUT2D eigenvalue weighted by Crippen LogP contribution is -2.18. The van der Waals surface area contributed by atoms with Gasteiger partial charge in [-0.25, -0.2) is 4.79 Å². The van der Waals surface area contributed by atoms with Crippen molar-refractivity contribution < 1.29 is 28.5 Å². The maximum absolute atomic E-state index is 12.8. The summed E-state index contributed by atoms with van der Waals surface area (Å²) in [6.45, 7) is 3.75. The maximum Gasteiger partial charge on any atom is 0.340 e. The molecule has 0 saturated heterocycles. The van der Waals surface area contributed by atoms with Gasteiger partial charge in [-0.3, -0.25) is 4.79 Å². The number of esters is 1. The minimum Gasteiger partial charge on any atom is -0.493 e. The average Bonchev–Trinajstić information content (AvgIpc) is 2.66. The molecule has 2 aromatic rings. The SMILES string of the molecule is COC(=O)c1cc(OC)c(OC)cc1NC(=O)c1ccccc1OC(C)C. The highest BCUT2D eigenvalue weighted by Gasteiger charge is 2.21. The number of hydrogen-bond donors (Lipinski definition) is 1. The van der Waals surface area contributed by atoms with Crippen molar-refractivity contribution in [2.45, 2.75) is 20.0 Å². The van der Waals surface area contributed by atoms with Gasteiger partial charge in [-0.2, -0.15) is 0 Å². The van der Waals surface area contributed by atoms with Gasteiger partial charge >= 0.3 is 5.97 Å². The molecule has 2 rings (SSSR count). The highest BCUT2D eigenvalue weighted by atomic mass is 16.5. The fraction of sp³-hybridized carbons (Fsp3) is 0.300. The van der Waals surface area contributed by atoms with Gasteiger partial charge in [0, 0.05) is 12.1 Å². The van der Waals surface area contributed by atoms with Gasteiger partial charge in [-0.05, 0) is 26.0 Å². The number of carbonyl (C=O) groups is 2. The lowest BCUT2D eigenvalue weighted by Gasteiger charge is -2.16. The van der Waals surface area contributed by atoms with E-state index >= 15 is 0 Å². The normalized spacial score (nSPS) is 10.3. The van der Waals surface area contributed by atoms with Crippen molar-refractivity contribution in [3.05, 3.63) is 47.5 Å². The van der Waals surface area contributed by atoms with Crippen LogP contribution in [0.1, 0.15) is 34.6 Å². The Morgan fingerprint density at radius 3 is 2.11 bits per heavy atom. The number of benzene rings is 2. The van der Waals surface area contributed by atoms with Crippen LogP contribution in [0.2, 0.25) is 0 Å². The molecule has 0 radical (unpaired) electrons. The highest BCUT2D eigenvalue weighted by Crippen LogP contribution is 2.34. The van der Waals surface area contributed by atoms with Gasteiger partial charge in [0.1, 0.15) is 5.75 Å². The molecule has 0 saturated carbocycles. The van der Waals surface area contributed by atoms with Crippen LogP contribution in [-0.4, -0.2) is 39.3 Å². The first-order chi connectivity index (χ1) is 12.9. The number of anilines is 1. The molecular formula is C20H23NO6. The molecule has 1 N–H and O–H groups in total. The molecule has 0 fully saturated rings. The standard InChI is InChI=1S/C20H23NO6/c1-12(2)27-16-9-7-6-8-13(16)19(22)21-15-11-18(25-4)17(24-3)10-14(15)20(23)26-5/h6-12H,1-5H3,(H,21,22). The van der Waals surface area contributed by atoms with E-state index < -0.39 is 11.9 Å². The Hall–Kier alpha value is -3.22. The molecule has 7 heteroatoms. The van der Waals surface area contributed by atoms with Crippen molar-refractivity contribution in [2.24, 2.45) is 0 Å². The van der Waals surface area contributed by atoms with Gasteiger partial charge in [0.05, 0.1) is 44.2 Å². The number of carbonyl (C=O) groups excluding carboxylic acids is 2. The fourth-order valence-electron chi connectivity index (χ4n) is 2.46. The first-order valence-corrected chi connectivity index (χ1v) is 8.32. The smallest absolute Gasteiger partial charge is 0.340 e. The Labute approximate surface area is 158 Å². The van der Waals surface area contributed by atoms with E-state index in [1.54, 1.807) is 24.3 Å². The van der Waals surface area contributed by atoms with Crippen molar-refractivity contribution in [3.8, 4) is 17.2 Å². The summed E-state index contributed by atoms with van der Waals surface area (Å²) in [6, 6.07) is 9.84. The molecule has 144 valence electrons. The molecule has 0 aliphatic carbocycles. The largest absolute Gasteiger partial charge is 0.493 e. The predicted octanol–water partition coefficient (Wildman–Crippen LogP) is 3.53. The van der Waals surface area contributed by atoms with Crippen LogP contribution in [0.3, 0.4) is 0 Å². The zero-order chi connectivity index (χ0) is 20.0. The van der Waals surface area contributed by atoms with Crippen molar-refractivity contribution in [1.82, 2.24) is 0 Å². The minimum atomic E-state index is -0.613. The monoisotopic (exact) mass is 373 g/mol. The Balaban J connectivity index is 2.44. The summed E-state index contributed by atoms with van der Waals surface area (Å²) >= 11 is 0. The van der Waals surface area contributed by atoms with Crippen molar-refractivity contribution >= 4 is 17.6 Å². The quantitative estimate of drug-likeness (QED) is 0.748. The van der Waals surface area contributed by atoms with Gasteiger partial charge in [-0.15, -0.1) is 0 Å². The van der Waals surface area contributed by atoms with Crippen LogP contribution in [0.15, 0.2) is 36.4 Å². The minimum absolute atomic E-state index is 0.0920. The number of para-hydroxylation sites is 1. The summed E-state index contributed by atoms with van der Waals surface area (Å²) in [5.74, 6) is 0.123. The molecule has 0 bridgehead atoms. The third-order valence-corrected chi connectivity index (χ3v) is 3.67. The Kier molecular flexibility index (Phi) is 6.65. The molecule has 2 aromatic carbocycles. The molecule has 0 heterocycles. The van der Waals surface area contributed by atoms with Crippen molar-refractivity contribution in [2.75, 3.05) is 26.6 Å². The zero-order valence-electron chi connectivity index (χ0n) is 16.0. The molecule has 0 aliphatic rings. The Morgan fingerprint density at radius 2 is 1.52 bits per heavy atom. The van der Waals surface area contributed by atoms with E-state index in [4.69, 9.17) is 18.9 Å². The van der Waals surface area contributed by atoms with E-state index in [-0.39, 0.29) is 17.4 Å². The number of hydrogen-bond acceptors (Lipinski definition) is 6. The van der Waals surface area contributed by atoms with E-state index in [1.807, 2.05) is 13.8 Å². The fourth-order valence-corrected chi connectivity index (χ4v) is 2.46. The Bertz CT molecular complexity index is 831. The molecule has 0 unspecified atom stereocenters. The number of ether oxygens (including phenoxy) is 4. The summed E-state index contributed by atoms with van der Waals surface area (Å²) in [4.78, 5) is 25.0. The van der Waals surface area contributed by atoms with E-state index in [0.717, 1.165) is 0 Å². The summed E-state index contributed by atoms with van der Waals surface area (Å²) in [6.07, 6.45) is -0.0920. The van der Waals surface area contributed by atoms with Gasteiger partial charge in [-0.1, -0.05) is 12.1 Å². The predicted molar refractivity (Wildman–Crippen MR) is 101 cm³/mol. The number of rotatable bonds is 7. The van der Waals surface area contributed by atoms with E-state index in [1.165, 1.54) is 33.5 Å². The van der Waals surface area contributed by atoms with E-state index in [9.17, 15) is 9.59 Å². The van der Waals surface area contributed by atoms with Crippen LogP contribution in [0.25, 0.3) is 0 Å². The van der Waals surface area contributed by atoms with Crippen molar-refractivity contribution in [1.29, 1.82) is 0 Å². The highest BCUT2D eigenvalue weighted by molar-refractivity contribution is 6.09. The maximum atomic E-state index is 12.8. The third kappa shape index (κ3) is 4.69. The van der Waals surface area contributed by atoms with Crippen LogP contribution >= 0.6 is 0 Å². The van der Waals surface area contributed by atoms with Crippen LogP contribution in [0, 0.1) is 0 Å². The lowest BCUT2D eigenvalue weighted by molar-refractivity contribution is 0.0601. The van der Waals surface area contributed by atoms with Crippen molar-refractivity contribution in [3.63, 3.8) is 0 Å². The molecule has 0 aliphatic heterocycles. The second kappa shape index (κ2) is 8.93. The molecule has 7 nitrogen and oxygen atoms in total. The Morgan fingerprint density at radius 1 is 0.889 bits per heavy atom. The number of amides is 1. The topological polar surface area (TPSA) is 83.1 Å². The zero-order valence-corrected chi connectivity index (χ0v) is 16.0.